The van der Waals surface area contributed by atoms with E-state index in [2.05, 4.69) is 114 Å². The summed E-state index contributed by atoms with van der Waals surface area (Å²) in [5.41, 5.74) is 7.33. The van der Waals surface area contributed by atoms with Gasteiger partial charge in [0.1, 0.15) is 0 Å². The molecule has 3 nitrogen and oxygen atoms in total. The Morgan fingerprint density at radius 1 is 0.500 bits per heavy atom. The molecule has 34 heavy (non-hydrogen) atoms. The molecule has 0 aliphatic heterocycles. The van der Waals surface area contributed by atoms with Gasteiger partial charge in [0, 0.05) is 0 Å². The molecule has 0 atom stereocenters. The molecule has 3 aromatic carbocycles. The number of hydrogen-bond donors (Lipinski definition) is 0. The van der Waals surface area contributed by atoms with E-state index in [-0.39, 0.29) is 0 Å². The van der Waals surface area contributed by atoms with Crippen molar-refractivity contribution in [3.05, 3.63) is 106 Å². The molecule has 0 heterocycles. The first-order valence-electron chi connectivity index (χ1n) is 12.3. The molecule has 0 saturated carbocycles. The standard InChI is InChI=1S/C30H39O3P/c1-22(2)28-13-7-10-25(16-28)19-31-34(32-20-26-11-8-14-29(17-26)23(3)4)33-21-27-12-9-15-30(18-27)24(5)6/h7-18,22-24H,19-21H2,1-6H3. The van der Waals surface area contributed by atoms with E-state index >= 15 is 0 Å². The predicted molar refractivity (Wildman–Crippen MR) is 143 cm³/mol. The Morgan fingerprint density at radius 2 is 0.794 bits per heavy atom. The minimum absolute atomic E-state index is 0.463. The molecule has 0 spiro atoms. The highest BCUT2D eigenvalue weighted by molar-refractivity contribution is 7.41. The number of benzene rings is 3. The van der Waals surface area contributed by atoms with Gasteiger partial charge in [-0.05, 0) is 51.1 Å². The van der Waals surface area contributed by atoms with Crippen molar-refractivity contribution in [3.63, 3.8) is 0 Å². The lowest BCUT2D eigenvalue weighted by molar-refractivity contribution is 0.144. The zero-order valence-electron chi connectivity index (χ0n) is 21.5. The van der Waals surface area contributed by atoms with Crippen LogP contribution in [0.1, 0.15) is 92.7 Å². The van der Waals surface area contributed by atoms with Crippen LogP contribution in [0.5, 0.6) is 0 Å². The maximum Gasteiger partial charge on any atom is 0.333 e. The molecule has 3 rings (SSSR count). The molecule has 0 bridgehead atoms. The summed E-state index contributed by atoms with van der Waals surface area (Å²) < 4.78 is 18.5. The highest BCUT2D eigenvalue weighted by atomic mass is 31.2. The van der Waals surface area contributed by atoms with E-state index in [9.17, 15) is 0 Å². The zero-order valence-corrected chi connectivity index (χ0v) is 22.3. The van der Waals surface area contributed by atoms with Crippen molar-refractivity contribution in [1.82, 2.24) is 0 Å². The fourth-order valence-corrected chi connectivity index (χ4v) is 4.61. The molecule has 4 heteroatoms. The zero-order chi connectivity index (χ0) is 24.5. The lowest BCUT2D eigenvalue weighted by Gasteiger charge is -2.18. The van der Waals surface area contributed by atoms with E-state index in [1.54, 1.807) is 0 Å². The molecule has 0 aliphatic carbocycles. The van der Waals surface area contributed by atoms with Gasteiger partial charge in [-0.3, -0.25) is 0 Å². The van der Waals surface area contributed by atoms with Gasteiger partial charge in [-0.1, -0.05) is 114 Å². The molecule has 0 aliphatic rings. The summed E-state index contributed by atoms with van der Waals surface area (Å²) in [5, 5.41) is 0. The molecule has 3 aromatic rings. The van der Waals surface area contributed by atoms with Crippen molar-refractivity contribution in [3.8, 4) is 0 Å². The SMILES string of the molecule is CC(C)c1cccc(COP(OCc2cccc(C(C)C)c2)OCc2cccc(C(C)C)c2)c1. The monoisotopic (exact) mass is 478 g/mol. The molecule has 0 amide bonds. The van der Waals surface area contributed by atoms with Gasteiger partial charge in [-0.25, -0.2) is 0 Å². The first-order valence-corrected chi connectivity index (χ1v) is 13.4. The van der Waals surface area contributed by atoms with Crippen LogP contribution >= 0.6 is 8.60 Å². The normalized spacial score (nSPS) is 11.8. The number of hydrogen-bond acceptors (Lipinski definition) is 3. The minimum Gasteiger partial charge on any atom is -0.307 e. The minimum atomic E-state index is -1.51. The maximum absolute atomic E-state index is 6.18. The van der Waals surface area contributed by atoms with Crippen molar-refractivity contribution < 1.29 is 13.6 Å². The summed E-state index contributed by atoms with van der Waals surface area (Å²) in [6.07, 6.45) is 0. The van der Waals surface area contributed by atoms with E-state index in [1.165, 1.54) is 16.7 Å². The second-order valence-corrected chi connectivity index (χ2v) is 11.0. The van der Waals surface area contributed by atoms with Crippen molar-refractivity contribution >= 4 is 8.60 Å². The second kappa shape index (κ2) is 13.2. The third-order valence-corrected chi connectivity index (χ3v) is 6.88. The summed E-state index contributed by atoms with van der Waals surface area (Å²) in [7, 11) is -1.51. The van der Waals surface area contributed by atoms with Crippen LogP contribution in [0, 0.1) is 0 Å². The summed E-state index contributed by atoms with van der Waals surface area (Å²) in [5.74, 6) is 1.45. The quantitative estimate of drug-likeness (QED) is 0.243. The van der Waals surface area contributed by atoms with Gasteiger partial charge < -0.3 is 13.6 Å². The van der Waals surface area contributed by atoms with E-state index in [1.807, 2.05) is 0 Å². The Bertz CT molecular complexity index is 897. The van der Waals surface area contributed by atoms with Crippen molar-refractivity contribution in [1.29, 1.82) is 0 Å². The number of rotatable bonds is 12. The third-order valence-electron chi connectivity index (χ3n) is 5.86. The fourth-order valence-electron chi connectivity index (χ4n) is 3.62. The van der Waals surface area contributed by atoms with Crippen molar-refractivity contribution in [2.24, 2.45) is 0 Å². The molecule has 182 valence electrons. The van der Waals surface area contributed by atoms with E-state index < -0.39 is 8.60 Å². The molecule has 0 saturated heterocycles. The van der Waals surface area contributed by atoms with Crippen LogP contribution in [0.4, 0.5) is 0 Å². The van der Waals surface area contributed by atoms with Crippen LogP contribution in [0.15, 0.2) is 72.8 Å². The smallest absolute Gasteiger partial charge is 0.307 e. The third kappa shape index (κ3) is 8.32. The predicted octanol–water partition coefficient (Wildman–Crippen LogP) is 9.23. The average Bonchev–Trinajstić information content (AvgIpc) is 2.84. The summed E-state index contributed by atoms with van der Waals surface area (Å²) in [6, 6.07) is 25.6. The van der Waals surface area contributed by atoms with E-state index in [4.69, 9.17) is 13.6 Å². The van der Waals surface area contributed by atoms with Gasteiger partial charge in [0.15, 0.2) is 0 Å². The van der Waals surface area contributed by atoms with Gasteiger partial charge in [0.05, 0.1) is 19.8 Å². The molecule has 0 aromatic heterocycles. The summed E-state index contributed by atoms with van der Waals surface area (Å²) in [4.78, 5) is 0. The maximum atomic E-state index is 6.18. The lowest BCUT2D eigenvalue weighted by atomic mass is 10.0. The Balaban J connectivity index is 1.68. The molecule has 0 unspecified atom stereocenters. The topological polar surface area (TPSA) is 27.7 Å². The van der Waals surface area contributed by atoms with Crippen LogP contribution in [-0.4, -0.2) is 0 Å². The van der Waals surface area contributed by atoms with Gasteiger partial charge in [0.25, 0.3) is 0 Å². The van der Waals surface area contributed by atoms with Crippen LogP contribution in [0.25, 0.3) is 0 Å². The largest absolute Gasteiger partial charge is 0.333 e. The Kier molecular flexibility index (Phi) is 10.3. The van der Waals surface area contributed by atoms with Gasteiger partial charge >= 0.3 is 8.60 Å². The molecular formula is C30H39O3P. The summed E-state index contributed by atoms with van der Waals surface area (Å²) in [6.45, 7) is 14.6. The first kappa shape index (κ1) is 26.6. The van der Waals surface area contributed by atoms with Gasteiger partial charge in [-0.15, -0.1) is 0 Å². The van der Waals surface area contributed by atoms with Gasteiger partial charge in [0.2, 0.25) is 0 Å². The fraction of sp³-hybridized carbons (Fsp3) is 0.400. The van der Waals surface area contributed by atoms with Gasteiger partial charge in [-0.2, -0.15) is 0 Å². The molecule has 0 N–H and O–H groups in total. The molecular weight excluding hydrogens is 439 g/mol. The lowest BCUT2D eigenvalue weighted by Crippen LogP contribution is -2.00. The van der Waals surface area contributed by atoms with E-state index in [0.29, 0.717) is 37.6 Å². The van der Waals surface area contributed by atoms with Crippen LogP contribution < -0.4 is 0 Å². The summed E-state index contributed by atoms with van der Waals surface area (Å²) >= 11 is 0. The average molecular weight is 479 g/mol. The van der Waals surface area contributed by atoms with Crippen LogP contribution in [0.3, 0.4) is 0 Å². The van der Waals surface area contributed by atoms with Crippen molar-refractivity contribution in [2.45, 2.75) is 79.1 Å². The Morgan fingerprint density at radius 3 is 1.06 bits per heavy atom. The molecule has 0 radical (unpaired) electrons. The van der Waals surface area contributed by atoms with Crippen molar-refractivity contribution in [2.75, 3.05) is 0 Å². The van der Waals surface area contributed by atoms with E-state index in [0.717, 1.165) is 16.7 Å². The highest BCUT2D eigenvalue weighted by Crippen LogP contribution is 2.43. The Labute approximate surface area is 207 Å². The Hall–Kier alpha value is -2.03. The van der Waals surface area contributed by atoms with Crippen LogP contribution in [0.2, 0.25) is 0 Å². The van der Waals surface area contributed by atoms with Crippen LogP contribution in [-0.2, 0) is 33.4 Å². The molecule has 0 fully saturated rings. The highest BCUT2D eigenvalue weighted by Gasteiger charge is 2.15. The first-order chi connectivity index (χ1) is 16.3. The second-order valence-electron chi connectivity index (χ2n) is 9.74.